The minimum Gasteiger partial charge on any atom is -0.442 e. The van der Waals surface area contributed by atoms with Gasteiger partial charge in [-0.2, -0.15) is 0 Å². The summed E-state index contributed by atoms with van der Waals surface area (Å²) in [5, 5.41) is 0. The van der Waals surface area contributed by atoms with E-state index in [4.69, 9.17) is 4.74 Å². The third-order valence-corrected chi connectivity index (χ3v) is 1.66. The van der Waals surface area contributed by atoms with E-state index in [9.17, 15) is 4.79 Å². The third kappa shape index (κ3) is 1.09. The fraction of sp³-hybridized carbons (Fsp3) is 0.250. The number of aliphatic imine (C=N–C) groups is 1. The van der Waals surface area contributed by atoms with Gasteiger partial charge >= 0.3 is 0 Å². The van der Waals surface area contributed by atoms with E-state index in [1.165, 1.54) is 6.26 Å². The first kappa shape index (κ1) is 6.34. The molecule has 0 atom stereocenters. The highest BCUT2D eigenvalue weighted by molar-refractivity contribution is 5.85. The van der Waals surface area contributed by atoms with Crippen LogP contribution in [0.3, 0.4) is 0 Å². The summed E-state index contributed by atoms with van der Waals surface area (Å²) >= 11 is 0. The van der Waals surface area contributed by atoms with Crippen LogP contribution in [0.15, 0.2) is 28.6 Å². The monoisotopic (exact) mass is 148 g/mol. The topological polar surface area (TPSA) is 38.7 Å². The number of Topliss-reactive ketones (excluding diaryl/α,β-unsaturated/α-hetero) is 1. The number of hydrogen-bond acceptors (Lipinski definition) is 3. The van der Waals surface area contributed by atoms with Crippen molar-refractivity contribution in [3.63, 3.8) is 0 Å². The van der Waals surface area contributed by atoms with Crippen LogP contribution in [0.5, 0.6) is 0 Å². The van der Waals surface area contributed by atoms with E-state index in [-0.39, 0.29) is 5.78 Å². The Labute approximate surface area is 64.1 Å². The van der Waals surface area contributed by atoms with Crippen LogP contribution in [-0.4, -0.2) is 12.2 Å². The van der Waals surface area contributed by atoms with Crippen LogP contribution in [-0.2, 0) is 9.53 Å². The fourth-order valence-electron chi connectivity index (χ4n) is 1.11. The number of hydrogen-bond donors (Lipinski definition) is 0. The van der Waals surface area contributed by atoms with Crippen molar-refractivity contribution in [3.8, 4) is 0 Å². The van der Waals surface area contributed by atoms with Gasteiger partial charge in [-0.3, -0.25) is 4.79 Å². The molecule has 55 valence electrons. The van der Waals surface area contributed by atoms with Crippen molar-refractivity contribution in [3.05, 3.63) is 23.6 Å². The zero-order valence-electron chi connectivity index (χ0n) is 5.83. The number of allylic oxidation sites excluding steroid dienone is 2. The number of ketones is 1. The second kappa shape index (κ2) is 2.34. The molecule has 1 aliphatic heterocycles. The summed E-state index contributed by atoms with van der Waals surface area (Å²) < 4.78 is 4.72. The summed E-state index contributed by atoms with van der Waals surface area (Å²) in [6.45, 7) is 0. The molecule has 3 nitrogen and oxygen atoms in total. The van der Waals surface area contributed by atoms with Crippen molar-refractivity contribution < 1.29 is 9.53 Å². The van der Waals surface area contributed by atoms with Crippen LogP contribution in [0.25, 0.3) is 0 Å². The maximum Gasteiger partial charge on any atom is 0.283 e. The molecule has 2 rings (SSSR count). The molecule has 1 aliphatic carbocycles. The summed E-state index contributed by atoms with van der Waals surface area (Å²) in [5.74, 6) is 0.209. The van der Waals surface area contributed by atoms with E-state index in [0.29, 0.717) is 12.8 Å². The average molecular weight is 148 g/mol. The molecular weight excluding hydrogens is 142 g/mol. The first-order valence-corrected chi connectivity index (χ1v) is 3.39. The molecule has 0 N–H and O–H groups in total. The van der Waals surface area contributed by atoms with E-state index in [2.05, 4.69) is 11.4 Å². The van der Waals surface area contributed by atoms with Gasteiger partial charge in [-0.15, -0.1) is 0 Å². The Bertz CT molecular complexity index is 286. The van der Waals surface area contributed by atoms with Crippen molar-refractivity contribution in [1.82, 2.24) is 0 Å². The Morgan fingerprint density at radius 1 is 1.64 bits per heavy atom. The highest BCUT2D eigenvalue weighted by Crippen LogP contribution is 2.24. The predicted molar refractivity (Wildman–Crippen MR) is 38.9 cm³/mol. The molecule has 0 aromatic heterocycles. The van der Waals surface area contributed by atoms with Crippen LogP contribution in [0, 0.1) is 0 Å². The number of nitrogens with zero attached hydrogens (tertiary/aromatic N) is 1. The summed E-state index contributed by atoms with van der Waals surface area (Å²) in [6.07, 6.45) is 6.62. The average Bonchev–Trinajstić information content (AvgIpc) is 2.04. The van der Waals surface area contributed by atoms with Gasteiger partial charge in [0.15, 0.2) is 0 Å². The van der Waals surface area contributed by atoms with Crippen molar-refractivity contribution in [2.75, 3.05) is 0 Å². The van der Waals surface area contributed by atoms with Gasteiger partial charge in [0.2, 0.25) is 0 Å². The maximum atomic E-state index is 10.9. The van der Waals surface area contributed by atoms with Crippen LogP contribution >= 0.6 is 0 Å². The van der Waals surface area contributed by atoms with Crippen LogP contribution in [0.1, 0.15) is 12.8 Å². The van der Waals surface area contributed by atoms with E-state index < -0.39 is 0 Å². The minimum absolute atomic E-state index is 0.209. The number of rotatable bonds is 0. The quantitative estimate of drug-likeness (QED) is 0.515. The summed E-state index contributed by atoms with van der Waals surface area (Å²) in [5.41, 5.74) is 1.69. The Balaban J connectivity index is 2.35. The summed E-state index contributed by atoms with van der Waals surface area (Å²) in [6, 6.07) is 0. The largest absolute Gasteiger partial charge is 0.442 e. The Hall–Kier alpha value is -1.38. The first-order chi connectivity index (χ1) is 5.36. The fourth-order valence-corrected chi connectivity index (χ4v) is 1.11. The molecule has 1 heterocycles. The van der Waals surface area contributed by atoms with Crippen molar-refractivity contribution >= 4 is 12.2 Å². The predicted octanol–water partition coefficient (Wildman–Crippen LogP) is 1.05. The lowest BCUT2D eigenvalue weighted by atomic mass is 9.98. The van der Waals surface area contributed by atoms with Gasteiger partial charge in [0.05, 0.1) is 12.0 Å². The van der Waals surface area contributed by atoms with Gasteiger partial charge in [-0.05, 0) is 0 Å². The molecule has 0 amide bonds. The Morgan fingerprint density at radius 3 is 3.45 bits per heavy atom. The smallest absolute Gasteiger partial charge is 0.283 e. The summed E-state index contributed by atoms with van der Waals surface area (Å²) in [4.78, 5) is 14.8. The molecule has 1 radical (unpaired) electrons. The highest BCUT2D eigenvalue weighted by Gasteiger charge is 2.17. The Morgan fingerprint density at radius 2 is 2.55 bits per heavy atom. The van der Waals surface area contributed by atoms with Crippen molar-refractivity contribution in [2.45, 2.75) is 12.8 Å². The van der Waals surface area contributed by atoms with Crippen LogP contribution in [0.2, 0.25) is 0 Å². The first-order valence-electron chi connectivity index (χ1n) is 3.39. The molecule has 2 aliphatic rings. The van der Waals surface area contributed by atoms with Gasteiger partial charge < -0.3 is 4.74 Å². The van der Waals surface area contributed by atoms with Gasteiger partial charge in [0, 0.05) is 18.4 Å². The molecule has 0 aromatic carbocycles. The lowest BCUT2D eigenvalue weighted by Crippen LogP contribution is -2.08. The Kier molecular flexibility index (Phi) is 1.35. The number of carbonyl (C=O) groups is 1. The van der Waals surface area contributed by atoms with Crippen molar-refractivity contribution in [1.29, 1.82) is 0 Å². The number of ether oxygens (including phenoxy) is 1. The molecule has 0 unspecified atom stereocenters. The zero-order valence-corrected chi connectivity index (χ0v) is 5.83. The van der Waals surface area contributed by atoms with Gasteiger partial charge in [0.1, 0.15) is 5.78 Å². The molecule has 0 spiro atoms. The number of fused-ring (bicyclic) bond motifs is 1. The minimum atomic E-state index is 0.209. The van der Waals surface area contributed by atoms with Crippen LogP contribution < -0.4 is 0 Å². The normalized spacial score (nSPS) is 21.6. The lowest BCUT2D eigenvalue weighted by molar-refractivity contribution is -0.117. The molecule has 11 heavy (non-hydrogen) atoms. The molecule has 0 fully saturated rings. The van der Waals surface area contributed by atoms with E-state index in [1.54, 1.807) is 6.08 Å². The van der Waals surface area contributed by atoms with Crippen LogP contribution in [0.4, 0.5) is 0 Å². The van der Waals surface area contributed by atoms with Crippen molar-refractivity contribution in [2.24, 2.45) is 4.99 Å². The standard InChI is InChI=1S/C8H6NO2/c10-7-1-2-8-6(3-7)4-11-5-9-8/h2,4H,1,3H2. The third-order valence-electron chi connectivity index (χ3n) is 1.66. The lowest BCUT2D eigenvalue weighted by Gasteiger charge is -2.13. The van der Waals surface area contributed by atoms with E-state index in [1.807, 2.05) is 0 Å². The summed E-state index contributed by atoms with van der Waals surface area (Å²) in [7, 11) is 0. The van der Waals surface area contributed by atoms with E-state index >= 15 is 0 Å². The van der Waals surface area contributed by atoms with Gasteiger partial charge in [0.25, 0.3) is 6.40 Å². The second-order valence-electron chi connectivity index (χ2n) is 2.47. The molecule has 0 saturated heterocycles. The second-order valence-corrected chi connectivity index (χ2v) is 2.47. The van der Waals surface area contributed by atoms with Gasteiger partial charge in [-0.25, -0.2) is 4.99 Å². The number of carbonyl (C=O) groups excluding carboxylic acids is 1. The molecular formula is C8H6NO2. The zero-order chi connectivity index (χ0) is 7.68. The van der Waals surface area contributed by atoms with Gasteiger partial charge in [-0.1, -0.05) is 6.08 Å². The molecule has 3 heteroatoms. The molecule has 0 aromatic rings. The maximum absolute atomic E-state index is 10.9. The highest BCUT2D eigenvalue weighted by atomic mass is 16.5. The molecule has 0 saturated carbocycles. The molecule has 0 bridgehead atoms. The SMILES string of the molecule is O=C1CC=C2N=[C]OC=C2C1. The van der Waals surface area contributed by atoms with E-state index in [0.717, 1.165) is 11.3 Å².